The number of ether oxygens (including phenoxy) is 2. The van der Waals surface area contributed by atoms with Crippen molar-refractivity contribution < 1.29 is 9.47 Å². The molecule has 0 bridgehead atoms. The van der Waals surface area contributed by atoms with Crippen molar-refractivity contribution in [1.82, 2.24) is 0 Å². The van der Waals surface area contributed by atoms with Crippen molar-refractivity contribution in [3.63, 3.8) is 0 Å². The molecule has 0 saturated heterocycles. The Kier molecular flexibility index (Phi) is 4.61. The van der Waals surface area contributed by atoms with Crippen LogP contribution in [0.2, 0.25) is 15.1 Å². The maximum absolute atomic E-state index is 9.08. The summed E-state index contributed by atoms with van der Waals surface area (Å²) in [5, 5.41) is 10.0. The number of benzene rings is 2. The van der Waals surface area contributed by atoms with Crippen molar-refractivity contribution in [2.24, 2.45) is 0 Å². The van der Waals surface area contributed by atoms with Gasteiger partial charge in [-0.3, -0.25) is 0 Å². The highest BCUT2D eigenvalue weighted by atomic mass is 35.5. The summed E-state index contributed by atoms with van der Waals surface area (Å²) >= 11 is 17.8. The normalized spacial score (nSPS) is 9.95. The fourth-order valence-corrected chi connectivity index (χ4v) is 2.08. The fourth-order valence-electron chi connectivity index (χ4n) is 1.51. The van der Waals surface area contributed by atoms with E-state index in [4.69, 9.17) is 49.5 Å². The van der Waals surface area contributed by atoms with E-state index in [0.717, 1.165) is 0 Å². The minimum Gasteiger partial charge on any atom is -0.497 e. The quantitative estimate of drug-likeness (QED) is 0.716. The number of nitriles is 1. The molecule has 0 aliphatic rings. The Morgan fingerprint density at radius 2 is 1.65 bits per heavy atom. The van der Waals surface area contributed by atoms with Gasteiger partial charge < -0.3 is 9.47 Å². The molecule has 0 radical (unpaired) electrons. The number of hydrogen-bond donors (Lipinski definition) is 0. The first-order valence-electron chi connectivity index (χ1n) is 5.45. The lowest BCUT2D eigenvalue weighted by atomic mass is 10.2. The highest BCUT2D eigenvalue weighted by molar-refractivity contribution is 6.43. The van der Waals surface area contributed by atoms with Crippen LogP contribution in [0, 0.1) is 11.3 Å². The molecular formula is C14H8Cl3NO2. The van der Waals surface area contributed by atoms with Gasteiger partial charge >= 0.3 is 0 Å². The summed E-state index contributed by atoms with van der Waals surface area (Å²) < 4.78 is 10.7. The molecule has 0 aromatic heterocycles. The van der Waals surface area contributed by atoms with Crippen LogP contribution in [0.3, 0.4) is 0 Å². The van der Waals surface area contributed by atoms with E-state index < -0.39 is 0 Å². The molecule has 3 nitrogen and oxygen atoms in total. The molecule has 2 aromatic carbocycles. The molecule has 0 amide bonds. The Balaban J connectivity index is 2.44. The van der Waals surface area contributed by atoms with Crippen LogP contribution in [-0.2, 0) is 0 Å². The topological polar surface area (TPSA) is 42.2 Å². The highest BCUT2D eigenvalue weighted by Gasteiger charge is 2.11. The standard InChI is InChI=1S/C14H8Cl3NO2/c1-19-9-3-2-8(7-18)13(4-9)20-14-6-11(16)10(15)5-12(14)17/h2-6H,1H3. The van der Waals surface area contributed by atoms with E-state index in [9.17, 15) is 0 Å². The second-order valence-electron chi connectivity index (χ2n) is 3.77. The largest absolute Gasteiger partial charge is 0.497 e. The van der Waals surface area contributed by atoms with E-state index in [-0.39, 0.29) is 0 Å². The first kappa shape index (κ1) is 14.8. The zero-order valence-electron chi connectivity index (χ0n) is 10.3. The van der Waals surface area contributed by atoms with Crippen LogP contribution in [0.25, 0.3) is 0 Å². The van der Waals surface area contributed by atoms with Crippen LogP contribution in [-0.4, -0.2) is 7.11 Å². The zero-order chi connectivity index (χ0) is 14.7. The maximum atomic E-state index is 9.08. The molecule has 2 aromatic rings. The second kappa shape index (κ2) is 6.23. The summed E-state index contributed by atoms with van der Waals surface area (Å²) in [5.74, 6) is 1.20. The van der Waals surface area contributed by atoms with Gasteiger partial charge in [0.15, 0.2) is 0 Å². The summed E-state index contributed by atoms with van der Waals surface area (Å²) in [5.41, 5.74) is 0.355. The fraction of sp³-hybridized carbons (Fsp3) is 0.0714. The van der Waals surface area contributed by atoms with Gasteiger partial charge in [-0.25, -0.2) is 0 Å². The molecule has 0 unspecified atom stereocenters. The number of methoxy groups -OCH3 is 1. The minimum atomic E-state index is 0.297. The molecule has 6 heteroatoms. The van der Waals surface area contributed by atoms with Crippen LogP contribution in [0.1, 0.15) is 5.56 Å². The van der Waals surface area contributed by atoms with Crippen molar-refractivity contribution in [2.45, 2.75) is 0 Å². The van der Waals surface area contributed by atoms with Crippen LogP contribution in [0.15, 0.2) is 30.3 Å². The van der Waals surface area contributed by atoms with Crippen LogP contribution in [0.4, 0.5) is 0 Å². The molecule has 0 aliphatic heterocycles. The maximum Gasteiger partial charge on any atom is 0.148 e. The lowest BCUT2D eigenvalue weighted by Gasteiger charge is -2.11. The van der Waals surface area contributed by atoms with E-state index in [1.165, 1.54) is 19.2 Å². The van der Waals surface area contributed by atoms with Gasteiger partial charge in [-0.05, 0) is 18.2 Å². The molecule has 0 heterocycles. The van der Waals surface area contributed by atoms with Gasteiger partial charge in [-0.1, -0.05) is 34.8 Å². The Bertz CT molecular complexity index is 696. The Morgan fingerprint density at radius 3 is 2.30 bits per heavy atom. The van der Waals surface area contributed by atoms with Crippen LogP contribution >= 0.6 is 34.8 Å². The molecule has 2 rings (SSSR count). The summed E-state index contributed by atoms with van der Waals surface area (Å²) in [6, 6.07) is 9.86. The van der Waals surface area contributed by atoms with Crippen LogP contribution < -0.4 is 9.47 Å². The van der Waals surface area contributed by atoms with E-state index in [0.29, 0.717) is 37.9 Å². The second-order valence-corrected chi connectivity index (χ2v) is 4.99. The smallest absolute Gasteiger partial charge is 0.148 e. The molecule has 0 atom stereocenters. The summed E-state index contributed by atoms with van der Waals surface area (Å²) in [6.45, 7) is 0. The summed E-state index contributed by atoms with van der Waals surface area (Å²) in [4.78, 5) is 0. The van der Waals surface area contributed by atoms with E-state index in [1.807, 2.05) is 6.07 Å². The first-order valence-corrected chi connectivity index (χ1v) is 6.59. The molecule has 0 fully saturated rings. The van der Waals surface area contributed by atoms with Crippen molar-refractivity contribution in [2.75, 3.05) is 7.11 Å². The minimum absolute atomic E-state index is 0.297. The molecular weight excluding hydrogens is 321 g/mol. The molecule has 0 saturated carbocycles. The van der Waals surface area contributed by atoms with Gasteiger partial charge in [-0.15, -0.1) is 0 Å². The van der Waals surface area contributed by atoms with Crippen molar-refractivity contribution in [3.05, 3.63) is 51.0 Å². The monoisotopic (exact) mass is 327 g/mol. The van der Waals surface area contributed by atoms with Crippen molar-refractivity contribution in [1.29, 1.82) is 5.26 Å². The van der Waals surface area contributed by atoms with Crippen molar-refractivity contribution >= 4 is 34.8 Å². The number of hydrogen-bond acceptors (Lipinski definition) is 3. The van der Waals surface area contributed by atoms with E-state index >= 15 is 0 Å². The first-order chi connectivity index (χ1) is 9.55. The molecule has 0 spiro atoms. The number of rotatable bonds is 3. The Morgan fingerprint density at radius 1 is 0.950 bits per heavy atom. The van der Waals surface area contributed by atoms with Gasteiger partial charge in [0.2, 0.25) is 0 Å². The van der Waals surface area contributed by atoms with E-state index in [1.54, 1.807) is 18.2 Å². The Hall–Kier alpha value is -1.60. The molecule has 102 valence electrons. The Labute approximate surface area is 131 Å². The molecule has 20 heavy (non-hydrogen) atoms. The molecule has 0 N–H and O–H groups in total. The average molecular weight is 329 g/mol. The van der Waals surface area contributed by atoms with Gasteiger partial charge in [0.05, 0.1) is 27.7 Å². The SMILES string of the molecule is COc1ccc(C#N)c(Oc2cc(Cl)c(Cl)cc2Cl)c1. The summed E-state index contributed by atoms with van der Waals surface area (Å²) in [6.07, 6.45) is 0. The average Bonchev–Trinajstić information content (AvgIpc) is 2.44. The summed E-state index contributed by atoms with van der Waals surface area (Å²) in [7, 11) is 1.53. The predicted octanol–water partition coefficient (Wildman–Crippen LogP) is 5.32. The highest BCUT2D eigenvalue weighted by Crippen LogP contribution is 2.38. The van der Waals surface area contributed by atoms with Crippen molar-refractivity contribution in [3.8, 4) is 23.3 Å². The lowest BCUT2D eigenvalue weighted by Crippen LogP contribution is -1.91. The molecule has 0 aliphatic carbocycles. The van der Waals surface area contributed by atoms with Gasteiger partial charge in [0.25, 0.3) is 0 Å². The van der Waals surface area contributed by atoms with Crippen LogP contribution in [0.5, 0.6) is 17.2 Å². The third-order valence-corrected chi connectivity index (χ3v) is 3.52. The predicted molar refractivity (Wildman–Crippen MR) is 79.3 cm³/mol. The van der Waals surface area contributed by atoms with Gasteiger partial charge in [-0.2, -0.15) is 5.26 Å². The van der Waals surface area contributed by atoms with E-state index in [2.05, 4.69) is 0 Å². The number of halogens is 3. The zero-order valence-corrected chi connectivity index (χ0v) is 12.6. The lowest BCUT2D eigenvalue weighted by molar-refractivity contribution is 0.409. The number of nitrogens with zero attached hydrogens (tertiary/aromatic N) is 1. The van der Waals surface area contributed by atoms with Gasteiger partial charge in [0, 0.05) is 12.1 Å². The van der Waals surface area contributed by atoms with Gasteiger partial charge in [0.1, 0.15) is 23.3 Å². The third kappa shape index (κ3) is 3.10. The third-order valence-electron chi connectivity index (χ3n) is 2.50.